The standard InChI is InChI=1S/C19H18N4O4/c1-26-14-8-6-12(7-9-14)15-10-16(22-21-15)19(25)23-20-11-13-4-3-5-17(27-2)18(13)24/h3-11,24H,1-2H3,(H,21,22)(H,23,25)/b20-11-. The maximum absolute atomic E-state index is 12.2. The quantitative estimate of drug-likeness (QED) is 0.459. The van der Waals surface area contributed by atoms with Gasteiger partial charge in [-0.3, -0.25) is 9.89 Å². The number of H-pyrrole nitrogens is 1. The first-order chi connectivity index (χ1) is 13.1. The lowest BCUT2D eigenvalue weighted by Gasteiger charge is -2.04. The molecule has 0 spiro atoms. The summed E-state index contributed by atoms with van der Waals surface area (Å²) in [5.74, 6) is 0.549. The third-order valence-electron chi connectivity index (χ3n) is 3.83. The molecular weight excluding hydrogens is 348 g/mol. The fourth-order valence-corrected chi connectivity index (χ4v) is 2.38. The highest BCUT2D eigenvalue weighted by Crippen LogP contribution is 2.28. The molecule has 3 N–H and O–H groups in total. The van der Waals surface area contributed by atoms with Crippen molar-refractivity contribution in [3.05, 3.63) is 59.8 Å². The van der Waals surface area contributed by atoms with Gasteiger partial charge in [0, 0.05) is 11.1 Å². The molecule has 8 heteroatoms. The van der Waals surface area contributed by atoms with E-state index >= 15 is 0 Å². The van der Waals surface area contributed by atoms with Crippen LogP contribution >= 0.6 is 0 Å². The van der Waals surface area contributed by atoms with Crippen molar-refractivity contribution in [1.29, 1.82) is 0 Å². The number of nitrogens with zero attached hydrogens (tertiary/aromatic N) is 2. The van der Waals surface area contributed by atoms with Gasteiger partial charge in [-0.1, -0.05) is 6.07 Å². The molecule has 3 aromatic rings. The third-order valence-corrected chi connectivity index (χ3v) is 3.83. The van der Waals surface area contributed by atoms with Crippen LogP contribution in [0.4, 0.5) is 0 Å². The van der Waals surface area contributed by atoms with Crippen LogP contribution in [0, 0.1) is 0 Å². The number of phenols is 1. The van der Waals surface area contributed by atoms with Gasteiger partial charge in [0.25, 0.3) is 5.91 Å². The molecule has 8 nitrogen and oxygen atoms in total. The zero-order chi connectivity index (χ0) is 19.2. The largest absolute Gasteiger partial charge is 0.504 e. The van der Waals surface area contributed by atoms with Crippen molar-refractivity contribution in [3.8, 4) is 28.5 Å². The summed E-state index contributed by atoms with van der Waals surface area (Å²) in [6.45, 7) is 0. The van der Waals surface area contributed by atoms with Crippen molar-refractivity contribution in [2.75, 3.05) is 14.2 Å². The van der Waals surface area contributed by atoms with Crippen LogP contribution in [-0.4, -0.2) is 41.6 Å². The van der Waals surface area contributed by atoms with Gasteiger partial charge in [0.15, 0.2) is 11.5 Å². The number of ether oxygens (including phenoxy) is 2. The van der Waals surface area contributed by atoms with Crippen LogP contribution in [-0.2, 0) is 0 Å². The summed E-state index contributed by atoms with van der Waals surface area (Å²) >= 11 is 0. The Balaban J connectivity index is 1.67. The molecule has 0 aliphatic rings. The fourth-order valence-electron chi connectivity index (χ4n) is 2.38. The molecule has 0 fully saturated rings. The Bertz CT molecular complexity index is 964. The number of hydrogen-bond acceptors (Lipinski definition) is 6. The third kappa shape index (κ3) is 4.06. The second-order valence-electron chi connectivity index (χ2n) is 5.49. The summed E-state index contributed by atoms with van der Waals surface area (Å²) in [5.41, 5.74) is 4.52. The van der Waals surface area contributed by atoms with Gasteiger partial charge in [0.05, 0.1) is 26.1 Å². The molecule has 27 heavy (non-hydrogen) atoms. The van der Waals surface area contributed by atoms with Gasteiger partial charge in [-0.2, -0.15) is 10.2 Å². The zero-order valence-electron chi connectivity index (χ0n) is 14.8. The minimum atomic E-state index is -0.458. The summed E-state index contributed by atoms with van der Waals surface area (Å²) in [7, 11) is 3.05. The number of rotatable bonds is 6. The summed E-state index contributed by atoms with van der Waals surface area (Å²) in [6, 6.07) is 13.9. The van der Waals surface area contributed by atoms with Crippen LogP contribution in [0.2, 0.25) is 0 Å². The maximum Gasteiger partial charge on any atom is 0.289 e. The number of hydrazone groups is 1. The van der Waals surface area contributed by atoms with Crippen LogP contribution in [0.1, 0.15) is 16.1 Å². The van der Waals surface area contributed by atoms with E-state index in [9.17, 15) is 9.90 Å². The van der Waals surface area contributed by atoms with Gasteiger partial charge < -0.3 is 14.6 Å². The van der Waals surface area contributed by atoms with E-state index in [0.29, 0.717) is 17.0 Å². The molecule has 0 aliphatic heterocycles. The summed E-state index contributed by atoms with van der Waals surface area (Å²) < 4.78 is 10.1. The highest BCUT2D eigenvalue weighted by atomic mass is 16.5. The van der Waals surface area contributed by atoms with Crippen molar-refractivity contribution in [3.63, 3.8) is 0 Å². The Morgan fingerprint density at radius 2 is 1.96 bits per heavy atom. The Morgan fingerprint density at radius 3 is 2.67 bits per heavy atom. The van der Waals surface area contributed by atoms with E-state index in [1.807, 2.05) is 24.3 Å². The summed E-state index contributed by atoms with van der Waals surface area (Å²) in [6.07, 6.45) is 1.33. The van der Waals surface area contributed by atoms with E-state index in [0.717, 1.165) is 11.3 Å². The number of aromatic hydroxyl groups is 1. The molecule has 0 saturated heterocycles. The Morgan fingerprint density at radius 1 is 1.19 bits per heavy atom. The van der Waals surface area contributed by atoms with E-state index < -0.39 is 5.91 Å². The average Bonchev–Trinajstić information content (AvgIpc) is 3.19. The number of hydrogen-bond donors (Lipinski definition) is 3. The van der Waals surface area contributed by atoms with Gasteiger partial charge in [-0.25, -0.2) is 5.43 Å². The molecular formula is C19H18N4O4. The van der Waals surface area contributed by atoms with E-state index in [1.54, 1.807) is 31.4 Å². The number of carbonyl (C=O) groups excluding carboxylic acids is 1. The topological polar surface area (TPSA) is 109 Å². The van der Waals surface area contributed by atoms with Gasteiger partial charge >= 0.3 is 0 Å². The van der Waals surface area contributed by atoms with Crippen LogP contribution in [0.25, 0.3) is 11.3 Å². The number of carbonyl (C=O) groups is 1. The predicted octanol–water partition coefficient (Wildman–Crippen LogP) is 2.56. The predicted molar refractivity (Wildman–Crippen MR) is 100 cm³/mol. The van der Waals surface area contributed by atoms with Gasteiger partial charge in [0.2, 0.25) is 0 Å². The number of aromatic nitrogens is 2. The number of para-hydroxylation sites is 1. The van der Waals surface area contributed by atoms with Crippen molar-refractivity contribution in [2.24, 2.45) is 5.10 Å². The van der Waals surface area contributed by atoms with Crippen LogP contribution in [0.5, 0.6) is 17.2 Å². The molecule has 0 aliphatic carbocycles. The van der Waals surface area contributed by atoms with Gasteiger partial charge in [0.1, 0.15) is 11.4 Å². The molecule has 1 aromatic heterocycles. The van der Waals surface area contributed by atoms with Gasteiger partial charge in [-0.15, -0.1) is 0 Å². The van der Waals surface area contributed by atoms with E-state index in [4.69, 9.17) is 9.47 Å². The smallest absolute Gasteiger partial charge is 0.289 e. The lowest BCUT2D eigenvalue weighted by Crippen LogP contribution is -2.18. The molecule has 1 heterocycles. The number of benzene rings is 2. The molecule has 0 bridgehead atoms. The zero-order valence-corrected chi connectivity index (χ0v) is 14.8. The van der Waals surface area contributed by atoms with Crippen molar-refractivity contribution < 1.29 is 19.4 Å². The molecule has 0 saturated carbocycles. The monoisotopic (exact) mass is 366 g/mol. The SMILES string of the molecule is COc1ccc(-c2cc(C(=O)N/N=C\c3cccc(OC)c3O)[nH]n2)cc1. The lowest BCUT2D eigenvalue weighted by molar-refractivity contribution is 0.0950. The first-order valence-electron chi connectivity index (χ1n) is 8.01. The Hall–Kier alpha value is -3.81. The minimum absolute atomic E-state index is 0.0543. The second kappa shape index (κ2) is 8.05. The number of amides is 1. The highest BCUT2D eigenvalue weighted by Gasteiger charge is 2.11. The summed E-state index contributed by atoms with van der Waals surface area (Å²) in [5, 5.41) is 20.6. The fraction of sp³-hybridized carbons (Fsp3) is 0.105. The second-order valence-corrected chi connectivity index (χ2v) is 5.49. The molecule has 0 atom stereocenters. The van der Waals surface area contributed by atoms with Crippen LogP contribution in [0.15, 0.2) is 53.6 Å². The Kier molecular flexibility index (Phi) is 5.36. The summed E-state index contributed by atoms with van der Waals surface area (Å²) in [4.78, 5) is 12.2. The van der Waals surface area contributed by atoms with Crippen molar-refractivity contribution >= 4 is 12.1 Å². The van der Waals surface area contributed by atoms with E-state index in [1.165, 1.54) is 13.3 Å². The average molecular weight is 366 g/mol. The number of methoxy groups -OCH3 is 2. The van der Waals surface area contributed by atoms with Crippen molar-refractivity contribution in [2.45, 2.75) is 0 Å². The highest BCUT2D eigenvalue weighted by molar-refractivity contribution is 5.94. The molecule has 3 rings (SSSR count). The number of aromatic amines is 1. The number of phenolic OH excluding ortho intramolecular Hbond substituents is 1. The van der Waals surface area contributed by atoms with Crippen molar-refractivity contribution in [1.82, 2.24) is 15.6 Å². The number of nitrogens with one attached hydrogen (secondary N) is 2. The Labute approximate surface area is 155 Å². The van der Waals surface area contributed by atoms with Crippen LogP contribution < -0.4 is 14.9 Å². The first-order valence-corrected chi connectivity index (χ1v) is 8.01. The normalized spacial score (nSPS) is 10.7. The molecule has 0 radical (unpaired) electrons. The first kappa shape index (κ1) is 18.0. The maximum atomic E-state index is 12.2. The molecule has 1 amide bonds. The molecule has 2 aromatic carbocycles. The van der Waals surface area contributed by atoms with Gasteiger partial charge in [-0.05, 0) is 42.5 Å². The lowest BCUT2D eigenvalue weighted by atomic mass is 10.1. The van der Waals surface area contributed by atoms with E-state index in [2.05, 4.69) is 20.7 Å². The molecule has 138 valence electrons. The van der Waals surface area contributed by atoms with E-state index in [-0.39, 0.29) is 11.4 Å². The van der Waals surface area contributed by atoms with Crippen LogP contribution in [0.3, 0.4) is 0 Å². The molecule has 0 unspecified atom stereocenters. The minimum Gasteiger partial charge on any atom is -0.504 e.